The van der Waals surface area contributed by atoms with Crippen molar-refractivity contribution >= 4 is 38.2 Å². The Bertz CT molecular complexity index is 1310. The minimum absolute atomic E-state index is 0.117. The molecule has 0 atom stereocenters. The van der Waals surface area contributed by atoms with Crippen LogP contribution >= 0.6 is 0 Å². The molecule has 166 valence electrons. The van der Waals surface area contributed by atoms with Crippen LogP contribution in [-0.4, -0.2) is 43.3 Å². The van der Waals surface area contributed by atoms with Crippen LogP contribution in [-0.2, 0) is 14.6 Å². The fraction of sp³-hybridized carbons (Fsp3) is 0.333. The maximum Gasteiger partial charge on any atom is 0.250 e. The summed E-state index contributed by atoms with van der Waals surface area (Å²) >= 11 is 0. The molecule has 1 aromatic heterocycles. The third-order valence-corrected chi connectivity index (χ3v) is 8.38. The number of fused-ring (bicyclic) bond motifs is 1. The lowest BCUT2D eigenvalue weighted by molar-refractivity contribution is -0.117. The van der Waals surface area contributed by atoms with Gasteiger partial charge in [0, 0.05) is 30.2 Å². The van der Waals surface area contributed by atoms with Gasteiger partial charge in [0.15, 0.2) is 0 Å². The molecule has 2 aromatic carbocycles. The highest BCUT2D eigenvalue weighted by Gasteiger charge is 2.27. The summed E-state index contributed by atoms with van der Waals surface area (Å²) < 4.78 is 23.7. The zero-order chi connectivity index (χ0) is 22.5. The van der Waals surface area contributed by atoms with Crippen molar-refractivity contribution in [3.8, 4) is 11.1 Å². The van der Waals surface area contributed by atoms with Crippen LogP contribution in [0.25, 0.3) is 22.0 Å². The maximum absolute atomic E-state index is 12.2. The van der Waals surface area contributed by atoms with Crippen molar-refractivity contribution in [3.63, 3.8) is 0 Å². The smallest absolute Gasteiger partial charge is 0.250 e. The number of aromatic nitrogens is 1. The number of nitrogens with one attached hydrogen (secondary N) is 1. The van der Waals surface area contributed by atoms with Gasteiger partial charge in [0.05, 0.1) is 22.6 Å². The summed E-state index contributed by atoms with van der Waals surface area (Å²) in [6.45, 7) is 0.736. The molecule has 8 heteroatoms. The molecule has 3 N–H and O–H groups in total. The van der Waals surface area contributed by atoms with Gasteiger partial charge in [-0.25, -0.2) is 8.42 Å². The number of hydrogen-bond donors (Lipinski definition) is 2. The second-order valence-electron chi connectivity index (χ2n) is 8.68. The van der Waals surface area contributed by atoms with Gasteiger partial charge in [-0.15, -0.1) is 0 Å². The number of carbonyl (C=O) groups excluding carboxylic acids is 2. The lowest BCUT2D eigenvalue weighted by atomic mass is 9.91. The van der Waals surface area contributed by atoms with E-state index in [9.17, 15) is 18.0 Å². The second kappa shape index (κ2) is 7.78. The van der Waals surface area contributed by atoms with E-state index in [0.29, 0.717) is 30.3 Å². The van der Waals surface area contributed by atoms with Crippen molar-refractivity contribution in [3.05, 3.63) is 53.7 Å². The number of aromatic amines is 1. The first kappa shape index (κ1) is 20.8. The number of benzene rings is 2. The highest BCUT2D eigenvalue weighted by Crippen LogP contribution is 2.37. The largest absolute Gasteiger partial charge is 0.366 e. The van der Waals surface area contributed by atoms with Crippen molar-refractivity contribution in [2.24, 2.45) is 5.73 Å². The zero-order valence-corrected chi connectivity index (χ0v) is 18.5. The van der Waals surface area contributed by atoms with Gasteiger partial charge in [0.25, 0.3) is 5.91 Å². The molecule has 32 heavy (non-hydrogen) atoms. The predicted octanol–water partition coefficient (Wildman–Crippen LogP) is 3.35. The maximum atomic E-state index is 12.2. The Morgan fingerprint density at radius 2 is 1.78 bits per heavy atom. The monoisotopic (exact) mass is 451 g/mol. The van der Waals surface area contributed by atoms with Gasteiger partial charge in [-0.05, 0) is 66.1 Å². The molecule has 0 bridgehead atoms. The number of amides is 2. The van der Waals surface area contributed by atoms with Crippen molar-refractivity contribution in [1.29, 1.82) is 0 Å². The summed E-state index contributed by atoms with van der Waals surface area (Å²) in [4.78, 5) is 29.2. The topological polar surface area (TPSA) is 113 Å². The summed E-state index contributed by atoms with van der Waals surface area (Å²) in [7, 11) is -2.96. The molecule has 2 saturated heterocycles. The van der Waals surface area contributed by atoms with Gasteiger partial charge in [-0.1, -0.05) is 12.1 Å². The van der Waals surface area contributed by atoms with Gasteiger partial charge in [-0.3, -0.25) is 9.59 Å². The van der Waals surface area contributed by atoms with E-state index < -0.39 is 15.7 Å². The molecular formula is C24H25N3O4S. The highest BCUT2D eigenvalue weighted by molar-refractivity contribution is 7.91. The highest BCUT2D eigenvalue weighted by atomic mass is 32.2. The standard InChI is InChI=1S/C24H25N3O4S/c25-24(29)20-13-17(15-3-5-18(6-4-15)27-9-1-2-22(27)28)12-19-21(14-26-23(19)20)16-7-10-32(30,31)11-8-16/h3-6,12-14,16,26H,1-2,7-11H2,(H2,25,29). The minimum Gasteiger partial charge on any atom is -0.366 e. The van der Waals surface area contributed by atoms with Crippen molar-refractivity contribution in [2.45, 2.75) is 31.6 Å². The molecule has 0 aliphatic carbocycles. The summed E-state index contributed by atoms with van der Waals surface area (Å²) in [5.74, 6) is 0.108. The summed E-state index contributed by atoms with van der Waals surface area (Å²) in [5, 5.41) is 0.902. The number of nitrogens with zero attached hydrogens (tertiary/aromatic N) is 1. The fourth-order valence-electron chi connectivity index (χ4n) is 4.91. The van der Waals surface area contributed by atoms with Crippen LogP contribution < -0.4 is 10.6 Å². The molecule has 0 saturated carbocycles. The average molecular weight is 452 g/mol. The first-order valence-corrected chi connectivity index (χ1v) is 12.7. The fourth-order valence-corrected chi connectivity index (χ4v) is 6.40. The molecule has 0 unspecified atom stereocenters. The first-order chi connectivity index (χ1) is 15.3. The van der Waals surface area contributed by atoms with E-state index in [-0.39, 0.29) is 23.3 Å². The third kappa shape index (κ3) is 3.68. The van der Waals surface area contributed by atoms with Crippen LogP contribution in [0.5, 0.6) is 0 Å². The summed E-state index contributed by atoms with van der Waals surface area (Å²) in [5.41, 5.74) is 10.5. The minimum atomic E-state index is -2.96. The van der Waals surface area contributed by atoms with Gasteiger partial charge >= 0.3 is 0 Å². The molecule has 2 fully saturated rings. The number of H-pyrrole nitrogens is 1. The molecule has 0 radical (unpaired) electrons. The molecule has 2 aliphatic rings. The Morgan fingerprint density at radius 3 is 2.41 bits per heavy atom. The van der Waals surface area contributed by atoms with Crippen LogP contribution in [0, 0.1) is 0 Å². The van der Waals surface area contributed by atoms with Gasteiger partial charge < -0.3 is 15.6 Å². The quantitative estimate of drug-likeness (QED) is 0.633. The van der Waals surface area contributed by atoms with Crippen molar-refractivity contribution in [2.75, 3.05) is 23.0 Å². The van der Waals surface area contributed by atoms with Crippen LogP contribution in [0.1, 0.15) is 47.5 Å². The zero-order valence-electron chi connectivity index (χ0n) is 17.6. The number of hydrogen-bond acceptors (Lipinski definition) is 4. The van der Waals surface area contributed by atoms with Gasteiger partial charge in [0.1, 0.15) is 9.84 Å². The number of sulfone groups is 1. The SMILES string of the molecule is NC(=O)c1cc(-c2ccc(N3CCCC3=O)cc2)cc2c(C3CCS(=O)(=O)CC3)c[nH]c12. The molecule has 2 aliphatic heterocycles. The van der Waals surface area contributed by atoms with E-state index in [1.54, 1.807) is 11.0 Å². The molecule has 2 amide bonds. The van der Waals surface area contributed by atoms with Crippen LogP contribution in [0.2, 0.25) is 0 Å². The lowest BCUT2D eigenvalue weighted by Gasteiger charge is -2.21. The predicted molar refractivity (Wildman–Crippen MR) is 124 cm³/mol. The first-order valence-electron chi connectivity index (χ1n) is 10.9. The second-order valence-corrected chi connectivity index (χ2v) is 11.0. The van der Waals surface area contributed by atoms with E-state index in [4.69, 9.17) is 5.73 Å². The normalized spacial score (nSPS) is 19.0. The molecular weight excluding hydrogens is 426 g/mol. The Balaban J connectivity index is 1.55. The number of primary amides is 1. The number of nitrogens with two attached hydrogens (primary N) is 1. The van der Waals surface area contributed by atoms with Crippen LogP contribution in [0.4, 0.5) is 5.69 Å². The Kier molecular flexibility index (Phi) is 5.04. The molecule has 3 heterocycles. The molecule has 5 rings (SSSR count). The van der Waals surface area contributed by atoms with Crippen molar-refractivity contribution in [1.82, 2.24) is 4.98 Å². The van der Waals surface area contributed by atoms with E-state index in [1.165, 1.54) is 0 Å². The lowest BCUT2D eigenvalue weighted by Crippen LogP contribution is -2.23. The van der Waals surface area contributed by atoms with E-state index in [2.05, 4.69) is 4.98 Å². The number of carbonyl (C=O) groups is 2. The van der Waals surface area contributed by atoms with Gasteiger partial charge in [-0.2, -0.15) is 0 Å². The number of rotatable bonds is 4. The summed E-state index contributed by atoms with van der Waals surface area (Å²) in [6.07, 6.45) is 4.48. The van der Waals surface area contributed by atoms with E-state index >= 15 is 0 Å². The van der Waals surface area contributed by atoms with E-state index in [0.717, 1.165) is 40.7 Å². The average Bonchev–Trinajstić information content (AvgIpc) is 3.39. The third-order valence-electron chi connectivity index (χ3n) is 6.67. The van der Waals surface area contributed by atoms with E-state index in [1.807, 2.05) is 36.5 Å². The molecule has 3 aromatic rings. The summed E-state index contributed by atoms with van der Waals surface area (Å²) in [6, 6.07) is 11.6. The molecule has 0 spiro atoms. The van der Waals surface area contributed by atoms with Crippen LogP contribution in [0.3, 0.4) is 0 Å². The van der Waals surface area contributed by atoms with Crippen LogP contribution in [0.15, 0.2) is 42.6 Å². The Labute approximate surface area is 186 Å². The Hall–Kier alpha value is -3.13. The van der Waals surface area contributed by atoms with Gasteiger partial charge in [0.2, 0.25) is 5.91 Å². The number of anilines is 1. The Morgan fingerprint density at radius 1 is 1.06 bits per heavy atom. The molecule has 7 nitrogen and oxygen atoms in total. The van der Waals surface area contributed by atoms with Crippen molar-refractivity contribution < 1.29 is 18.0 Å².